The van der Waals surface area contributed by atoms with Gasteiger partial charge in [-0.25, -0.2) is 8.42 Å². The fourth-order valence-corrected chi connectivity index (χ4v) is 4.82. The number of anilines is 1. The Morgan fingerprint density at radius 2 is 1.66 bits per heavy atom. The molecule has 1 unspecified atom stereocenters. The number of hydrogen-bond donors (Lipinski definition) is 1. The normalized spacial score (nSPS) is 12.8. The summed E-state index contributed by atoms with van der Waals surface area (Å²) in [5.74, 6) is 0.0292. The van der Waals surface area contributed by atoms with Crippen molar-refractivity contribution >= 4 is 21.6 Å². The zero-order valence-corrected chi connectivity index (χ0v) is 19.5. The molecule has 1 amide bonds. The second-order valence-electron chi connectivity index (χ2n) is 7.59. The highest BCUT2D eigenvalue weighted by Gasteiger charge is 2.28. The quantitative estimate of drug-likeness (QED) is 0.529. The van der Waals surface area contributed by atoms with Gasteiger partial charge in [-0.05, 0) is 35.4 Å². The number of sulfonamides is 1. The third kappa shape index (κ3) is 5.03. The molecule has 32 heavy (non-hydrogen) atoms. The minimum Gasteiger partial charge on any atom is -0.324 e. The zero-order chi connectivity index (χ0) is 23.3. The van der Waals surface area contributed by atoms with E-state index in [0.717, 1.165) is 5.56 Å². The van der Waals surface area contributed by atoms with Gasteiger partial charge in [0.05, 0.1) is 4.90 Å². The molecule has 10 heteroatoms. The molecule has 0 spiro atoms. The van der Waals surface area contributed by atoms with Crippen molar-refractivity contribution in [2.24, 2.45) is 5.92 Å². The first-order valence-electron chi connectivity index (χ1n) is 10.5. The van der Waals surface area contributed by atoms with E-state index >= 15 is 0 Å². The van der Waals surface area contributed by atoms with Crippen molar-refractivity contribution in [1.29, 1.82) is 0 Å². The molecule has 1 aromatic heterocycles. The fraction of sp³-hybridized carbons (Fsp3) is 0.364. The van der Waals surface area contributed by atoms with Crippen LogP contribution in [0.2, 0.25) is 0 Å². The summed E-state index contributed by atoms with van der Waals surface area (Å²) >= 11 is 0. The summed E-state index contributed by atoms with van der Waals surface area (Å²) in [6.07, 6.45) is 0. The summed E-state index contributed by atoms with van der Waals surface area (Å²) in [6.45, 7) is 8.17. The molecule has 0 saturated heterocycles. The largest absolute Gasteiger partial charge is 0.324 e. The van der Waals surface area contributed by atoms with Gasteiger partial charge in [-0.1, -0.05) is 58.0 Å². The molecule has 0 saturated carbocycles. The standard InChI is InChI=1S/C22H28N6O3S/c1-5-27(6-2)32(30,31)19-14-12-18(13-15-19)23-22(29)20(16(3)4)28-25-21(24-26-28)17-10-8-7-9-11-17/h7-16,20H,5-6H2,1-4H3,(H,23,29). The van der Waals surface area contributed by atoms with Crippen molar-refractivity contribution in [3.05, 3.63) is 54.6 Å². The van der Waals surface area contributed by atoms with Crippen molar-refractivity contribution < 1.29 is 13.2 Å². The number of tetrazole rings is 1. The van der Waals surface area contributed by atoms with Crippen molar-refractivity contribution in [3.8, 4) is 11.4 Å². The molecule has 1 heterocycles. The number of hydrogen-bond acceptors (Lipinski definition) is 6. The number of carbonyl (C=O) groups is 1. The second kappa shape index (κ2) is 10.0. The molecule has 1 N–H and O–H groups in total. The molecular weight excluding hydrogens is 428 g/mol. The number of nitrogens with one attached hydrogen (secondary N) is 1. The van der Waals surface area contributed by atoms with Crippen molar-refractivity contribution in [2.75, 3.05) is 18.4 Å². The van der Waals surface area contributed by atoms with Gasteiger partial charge in [0.15, 0.2) is 6.04 Å². The molecule has 2 aromatic carbocycles. The second-order valence-corrected chi connectivity index (χ2v) is 9.53. The lowest BCUT2D eigenvalue weighted by Crippen LogP contribution is -2.32. The Morgan fingerprint density at radius 1 is 1.03 bits per heavy atom. The van der Waals surface area contributed by atoms with Crippen LogP contribution in [-0.4, -0.2) is 51.9 Å². The molecule has 0 aliphatic heterocycles. The van der Waals surface area contributed by atoms with Crippen LogP contribution in [0.5, 0.6) is 0 Å². The summed E-state index contributed by atoms with van der Waals surface area (Å²) < 4.78 is 26.7. The average molecular weight is 457 g/mol. The van der Waals surface area contributed by atoms with Gasteiger partial charge < -0.3 is 5.32 Å². The first-order valence-corrected chi connectivity index (χ1v) is 12.0. The van der Waals surface area contributed by atoms with Gasteiger partial charge in [-0.2, -0.15) is 9.10 Å². The van der Waals surface area contributed by atoms with Gasteiger partial charge in [-0.15, -0.1) is 10.2 Å². The van der Waals surface area contributed by atoms with E-state index in [1.54, 1.807) is 26.0 Å². The molecule has 3 aromatic rings. The van der Waals surface area contributed by atoms with Crippen LogP contribution >= 0.6 is 0 Å². The Bertz CT molecular complexity index is 1140. The van der Waals surface area contributed by atoms with Crippen LogP contribution in [-0.2, 0) is 14.8 Å². The maximum atomic E-state index is 13.0. The lowest BCUT2D eigenvalue weighted by molar-refractivity contribution is -0.121. The number of aromatic nitrogens is 4. The van der Waals surface area contributed by atoms with E-state index in [1.807, 2.05) is 44.2 Å². The van der Waals surface area contributed by atoms with Crippen LogP contribution in [0.1, 0.15) is 33.7 Å². The van der Waals surface area contributed by atoms with Crippen molar-refractivity contribution in [2.45, 2.75) is 38.6 Å². The van der Waals surface area contributed by atoms with E-state index in [-0.39, 0.29) is 16.7 Å². The summed E-state index contributed by atoms with van der Waals surface area (Å²) in [6, 6.07) is 14.9. The number of benzene rings is 2. The zero-order valence-electron chi connectivity index (χ0n) is 18.6. The minimum atomic E-state index is -3.55. The number of amides is 1. The van der Waals surface area contributed by atoms with Gasteiger partial charge in [-0.3, -0.25) is 4.79 Å². The summed E-state index contributed by atoms with van der Waals surface area (Å²) in [5, 5.41) is 15.4. The summed E-state index contributed by atoms with van der Waals surface area (Å²) in [7, 11) is -3.55. The third-order valence-corrected chi connectivity index (χ3v) is 7.14. The maximum Gasteiger partial charge on any atom is 0.251 e. The Labute approximate surface area is 188 Å². The van der Waals surface area contributed by atoms with Gasteiger partial charge in [0.1, 0.15) is 0 Å². The number of rotatable bonds is 9. The maximum absolute atomic E-state index is 13.0. The first-order chi connectivity index (χ1) is 15.3. The van der Waals surface area contributed by atoms with Gasteiger partial charge >= 0.3 is 0 Å². The lowest BCUT2D eigenvalue weighted by Gasteiger charge is -2.20. The smallest absolute Gasteiger partial charge is 0.251 e. The average Bonchev–Trinajstić information content (AvgIpc) is 3.24. The van der Waals surface area contributed by atoms with Crippen LogP contribution in [0.25, 0.3) is 11.4 Å². The number of nitrogens with zero attached hydrogens (tertiary/aromatic N) is 5. The Balaban J connectivity index is 1.78. The van der Waals surface area contributed by atoms with E-state index in [9.17, 15) is 13.2 Å². The topological polar surface area (TPSA) is 110 Å². The monoisotopic (exact) mass is 456 g/mol. The van der Waals surface area contributed by atoms with Gasteiger partial charge in [0.25, 0.3) is 5.91 Å². The van der Waals surface area contributed by atoms with E-state index in [1.165, 1.54) is 21.2 Å². The van der Waals surface area contributed by atoms with E-state index in [2.05, 4.69) is 20.7 Å². The molecule has 0 radical (unpaired) electrons. The summed E-state index contributed by atoms with van der Waals surface area (Å²) in [5.41, 5.74) is 1.30. The first kappa shape index (κ1) is 23.6. The molecular formula is C22H28N6O3S. The molecule has 3 rings (SSSR count). The molecule has 0 aliphatic carbocycles. The van der Waals surface area contributed by atoms with Crippen LogP contribution < -0.4 is 5.32 Å². The number of carbonyl (C=O) groups excluding carboxylic acids is 1. The highest BCUT2D eigenvalue weighted by Crippen LogP contribution is 2.22. The molecule has 1 atom stereocenters. The van der Waals surface area contributed by atoms with Gasteiger partial charge in [0, 0.05) is 24.3 Å². The SMILES string of the molecule is CCN(CC)S(=O)(=O)c1ccc(NC(=O)C(C(C)C)n2nnc(-c3ccccc3)n2)cc1. The molecule has 0 fully saturated rings. The highest BCUT2D eigenvalue weighted by atomic mass is 32.2. The molecule has 170 valence electrons. The van der Waals surface area contributed by atoms with Crippen molar-refractivity contribution in [1.82, 2.24) is 24.5 Å². The van der Waals surface area contributed by atoms with E-state index in [0.29, 0.717) is 24.6 Å². The fourth-order valence-electron chi connectivity index (χ4n) is 3.36. The van der Waals surface area contributed by atoms with Crippen molar-refractivity contribution in [3.63, 3.8) is 0 Å². The third-order valence-electron chi connectivity index (χ3n) is 5.07. The van der Waals surface area contributed by atoms with Crippen LogP contribution in [0.4, 0.5) is 5.69 Å². The predicted molar refractivity (Wildman–Crippen MR) is 122 cm³/mol. The molecule has 0 aliphatic rings. The van der Waals surface area contributed by atoms with Gasteiger partial charge in [0.2, 0.25) is 15.8 Å². The Kier molecular flexibility index (Phi) is 7.37. The van der Waals surface area contributed by atoms with E-state index < -0.39 is 16.1 Å². The van der Waals surface area contributed by atoms with E-state index in [4.69, 9.17) is 0 Å². The molecule has 0 bridgehead atoms. The molecule has 9 nitrogen and oxygen atoms in total. The highest BCUT2D eigenvalue weighted by molar-refractivity contribution is 7.89. The Morgan fingerprint density at radius 3 is 2.22 bits per heavy atom. The van der Waals surface area contributed by atoms with Crippen LogP contribution in [0.3, 0.4) is 0 Å². The summed E-state index contributed by atoms with van der Waals surface area (Å²) in [4.78, 5) is 14.5. The van der Waals surface area contributed by atoms with Crippen LogP contribution in [0, 0.1) is 5.92 Å². The Hall–Kier alpha value is -3.11. The van der Waals surface area contributed by atoms with Crippen LogP contribution in [0.15, 0.2) is 59.5 Å². The predicted octanol–water partition coefficient (Wildman–Crippen LogP) is 3.21. The lowest BCUT2D eigenvalue weighted by atomic mass is 10.0. The minimum absolute atomic E-state index is 0.102.